The van der Waals surface area contributed by atoms with Crippen molar-refractivity contribution >= 4 is 23.6 Å². The van der Waals surface area contributed by atoms with Crippen LogP contribution >= 0.6 is 11.6 Å². The maximum Gasteiger partial charge on any atom is 0.417 e. The Morgan fingerprint density at radius 1 is 1.03 bits per heavy atom. The van der Waals surface area contributed by atoms with Gasteiger partial charge in [-0.05, 0) is 36.1 Å². The molecule has 0 aromatic heterocycles. The van der Waals surface area contributed by atoms with Gasteiger partial charge in [-0.3, -0.25) is 4.79 Å². The minimum Gasteiger partial charge on any atom is -0.438 e. The van der Waals surface area contributed by atoms with Gasteiger partial charge in [-0.15, -0.1) is 6.58 Å². The zero-order chi connectivity index (χ0) is 23.4. The molecule has 2 amide bonds. The highest BCUT2D eigenvalue weighted by Crippen LogP contribution is 2.44. The van der Waals surface area contributed by atoms with E-state index in [4.69, 9.17) is 16.3 Å². The minimum absolute atomic E-state index is 0.0393. The van der Waals surface area contributed by atoms with E-state index in [0.717, 1.165) is 16.0 Å². The monoisotopic (exact) mass is 463 g/mol. The number of nitrogens with zero attached hydrogens (tertiary/aromatic N) is 1. The highest BCUT2D eigenvalue weighted by atomic mass is 35.5. The number of benzene rings is 3. The molecule has 3 aromatic carbocycles. The number of allylic oxidation sites excluding steroid dienone is 1. The molecule has 1 fully saturated rings. The van der Waals surface area contributed by atoms with E-state index in [1.807, 2.05) is 60.7 Å². The largest absolute Gasteiger partial charge is 0.438 e. The molecule has 3 atom stereocenters. The molecule has 6 heteroatoms. The second-order valence-corrected chi connectivity index (χ2v) is 8.31. The number of rotatable bonds is 7. The molecule has 4 rings (SSSR count). The van der Waals surface area contributed by atoms with Crippen LogP contribution in [-0.2, 0) is 16.0 Å². The number of ether oxygens (including phenoxy) is 1. The van der Waals surface area contributed by atoms with Crippen LogP contribution in [0.15, 0.2) is 91.5 Å². The second-order valence-electron chi connectivity index (χ2n) is 7.90. The van der Waals surface area contributed by atoms with Crippen molar-refractivity contribution in [1.82, 2.24) is 4.90 Å². The van der Waals surface area contributed by atoms with E-state index in [2.05, 4.69) is 6.58 Å². The maximum atomic E-state index is 14.5. The quantitative estimate of drug-likeness (QED) is 0.367. The predicted octanol–water partition coefficient (Wildman–Crippen LogP) is 6.68. The molecule has 1 aliphatic rings. The molecule has 1 aliphatic heterocycles. The number of carbonyl (C=O) groups excluding carboxylic acids is 2. The van der Waals surface area contributed by atoms with Crippen LogP contribution in [0.1, 0.15) is 35.3 Å². The van der Waals surface area contributed by atoms with E-state index in [9.17, 15) is 14.0 Å². The smallest absolute Gasteiger partial charge is 0.417 e. The Kier molecular flexibility index (Phi) is 6.90. The summed E-state index contributed by atoms with van der Waals surface area (Å²) in [7, 11) is 0. The third-order valence-corrected chi connectivity index (χ3v) is 6.16. The number of amides is 2. The molecule has 4 nitrogen and oxygen atoms in total. The summed E-state index contributed by atoms with van der Waals surface area (Å²) in [6.45, 7) is 3.74. The molecular formula is C27H23ClFNO3. The number of imide groups is 1. The molecule has 33 heavy (non-hydrogen) atoms. The summed E-state index contributed by atoms with van der Waals surface area (Å²) in [5.74, 6) is -1.67. The van der Waals surface area contributed by atoms with E-state index in [-0.39, 0.29) is 23.4 Å². The summed E-state index contributed by atoms with van der Waals surface area (Å²) in [4.78, 5) is 27.9. The molecule has 0 aliphatic carbocycles. The lowest BCUT2D eigenvalue weighted by atomic mass is 9.91. The fraction of sp³-hybridized carbons (Fsp3) is 0.185. The van der Waals surface area contributed by atoms with Crippen molar-refractivity contribution in [2.24, 2.45) is 5.92 Å². The van der Waals surface area contributed by atoms with Crippen molar-refractivity contribution in [3.8, 4) is 0 Å². The second kappa shape index (κ2) is 10.0. The number of carbonyl (C=O) groups is 2. The molecule has 0 bridgehead atoms. The first-order valence-corrected chi connectivity index (χ1v) is 11.1. The van der Waals surface area contributed by atoms with Crippen molar-refractivity contribution < 1.29 is 18.7 Å². The van der Waals surface area contributed by atoms with Gasteiger partial charge in [-0.25, -0.2) is 14.1 Å². The van der Waals surface area contributed by atoms with Gasteiger partial charge in [0.1, 0.15) is 11.9 Å². The van der Waals surface area contributed by atoms with Gasteiger partial charge in [0.05, 0.1) is 0 Å². The average Bonchev–Trinajstić information content (AvgIpc) is 3.18. The van der Waals surface area contributed by atoms with Crippen LogP contribution in [-0.4, -0.2) is 16.9 Å². The molecule has 1 heterocycles. The average molecular weight is 464 g/mol. The van der Waals surface area contributed by atoms with Crippen molar-refractivity contribution in [2.75, 3.05) is 0 Å². The molecule has 0 N–H and O–H groups in total. The van der Waals surface area contributed by atoms with Gasteiger partial charge in [0.25, 0.3) is 0 Å². The molecular weight excluding hydrogens is 441 g/mol. The highest BCUT2D eigenvalue weighted by Gasteiger charge is 2.48. The molecule has 3 aromatic rings. The number of hydrogen-bond donors (Lipinski definition) is 0. The van der Waals surface area contributed by atoms with Crippen molar-refractivity contribution in [3.05, 3.63) is 119 Å². The van der Waals surface area contributed by atoms with Gasteiger partial charge in [-0.1, -0.05) is 84.4 Å². The van der Waals surface area contributed by atoms with Crippen LogP contribution in [0, 0.1) is 11.7 Å². The van der Waals surface area contributed by atoms with E-state index >= 15 is 0 Å². The van der Waals surface area contributed by atoms with Gasteiger partial charge in [0, 0.05) is 16.5 Å². The Balaban J connectivity index is 1.73. The SMILES string of the molecule is C=CCC(Cc1c(F)cccc1Cl)C(=O)N1C(=O)O[C@H](c2ccccc2)[C@@H]1c1ccccc1. The van der Waals surface area contributed by atoms with E-state index in [0.29, 0.717) is 0 Å². The number of hydrogen-bond acceptors (Lipinski definition) is 3. The Hall–Kier alpha value is -3.44. The molecule has 1 saturated heterocycles. The van der Waals surface area contributed by atoms with Gasteiger partial charge in [0.15, 0.2) is 6.10 Å². The first-order chi connectivity index (χ1) is 16.0. The van der Waals surface area contributed by atoms with E-state index in [1.54, 1.807) is 12.1 Å². The summed E-state index contributed by atoms with van der Waals surface area (Å²) >= 11 is 6.21. The standard InChI is InChI=1S/C27H23ClFNO3/c1-2-10-20(17-21-22(28)15-9-16-23(21)29)26(31)30-24(18-11-5-3-6-12-18)25(33-27(30)32)19-13-7-4-8-14-19/h2-9,11-16,20,24-25H,1,10,17H2/t20?,24-,25+/m0/s1. The lowest BCUT2D eigenvalue weighted by Crippen LogP contribution is -2.39. The third-order valence-electron chi connectivity index (χ3n) is 5.81. The number of cyclic esters (lactones) is 1. The molecule has 1 unspecified atom stereocenters. The fourth-order valence-corrected chi connectivity index (χ4v) is 4.46. The van der Waals surface area contributed by atoms with Crippen molar-refractivity contribution in [1.29, 1.82) is 0 Å². The first-order valence-electron chi connectivity index (χ1n) is 10.7. The fourth-order valence-electron chi connectivity index (χ4n) is 4.22. The first kappa shape index (κ1) is 22.7. The van der Waals surface area contributed by atoms with Gasteiger partial charge in [0.2, 0.25) is 5.91 Å². The van der Waals surface area contributed by atoms with Crippen LogP contribution < -0.4 is 0 Å². The lowest BCUT2D eigenvalue weighted by Gasteiger charge is -2.27. The summed E-state index contributed by atoms with van der Waals surface area (Å²) in [5, 5.41) is 0.239. The Morgan fingerprint density at radius 3 is 2.27 bits per heavy atom. The highest BCUT2D eigenvalue weighted by molar-refractivity contribution is 6.31. The molecule has 0 radical (unpaired) electrons. The minimum atomic E-state index is -0.731. The summed E-state index contributed by atoms with van der Waals surface area (Å²) in [5.41, 5.74) is 1.79. The predicted molar refractivity (Wildman–Crippen MR) is 125 cm³/mol. The maximum absolute atomic E-state index is 14.5. The zero-order valence-corrected chi connectivity index (χ0v) is 18.6. The summed E-state index contributed by atoms with van der Waals surface area (Å²) in [6, 6.07) is 22.3. The topological polar surface area (TPSA) is 46.6 Å². The molecule has 0 spiro atoms. The Morgan fingerprint density at radius 2 is 1.67 bits per heavy atom. The Labute approximate surface area is 197 Å². The van der Waals surface area contributed by atoms with Gasteiger partial charge < -0.3 is 4.74 Å². The van der Waals surface area contributed by atoms with Gasteiger partial charge in [-0.2, -0.15) is 0 Å². The van der Waals surface area contributed by atoms with Crippen LogP contribution in [0.25, 0.3) is 0 Å². The van der Waals surface area contributed by atoms with Gasteiger partial charge >= 0.3 is 6.09 Å². The third kappa shape index (κ3) is 4.69. The van der Waals surface area contributed by atoms with Crippen LogP contribution in [0.4, 0.5) is 9.18 Å². The zero-order valence-electron chi connectivity index (χ0n) is 17.9. The molecule has 168 valence electrons. The van der Waals surface area contributed by atoms with Crippen molar-refractivity contribution in [2.45, 2.75) is 25.0 Å². The normalized spacial score (nSPS) is 18.6. The van der Waals surface area contributed by atoms with Crippen LogP contribution in [0.2, 0.25) is 5.02 Å². The molecule has 0 saturated carbocycles. The lowest BCUT2D eigenvalue weighted by molar-refractivity contribution is -0.133. The van der Waals surface area contributed by atoms with E-state index < -0.39 is 35.9 Å². The summed E-state index contributed by atoms with van der Waals surface area (Å²) in [6.07, 6.45) is 0.496. The van der Waals surface area contributed by atoms with E-state index in [1.165, 1.54) is 12.1 Å². The Bertz CT molecular complexity index is 1130. The van der Waals surface area contributed by atoms with Crippen molar-refractivity contribution in [3.63, 3.8) is 0 Å². The number of halogens is 2. The van der Waals surface area contributed by atoms with Crippen LogP contribution in [0.5, 0.6) is 0 Å². The van der Waals surface area contributed by atoms with Crippen LogP contribution in [0.3, 0.4) is 0 Å². The summed E-state index contributed by atoms with van der Waals surface area (Å²) < 4.78 is 20.2.